The Kier molecular flexibility index (Phi) is 16.2. The van der Waals surface area contributed by atoms with E-state index in [1.807, 2.05) is 0 Å². The van der Waals surface area contributed by atoms with Gasteiger partial charge in [-0.15, -0.1) is 0 Å². The molecule has 45 heavy (non-hydrogen) atoms. The van der Waals surface area contributed by atoms with Crippen molar-refractivity contribution >= 4 is 50.7 Å². The summed E-state index contributed by atoms with van der Waals surface area (Å²) in [6.07, 6.45) is 12.7. The van der Waals surface area contributed by atoms with Crippen molar-refractivity contribution in [3.8, 4) is 5.75 Å². The summed E-state index contributed by atoms with van der Waals surface area (Å²) < 4.78 is 59.9. The number of carbonyl (C=O) groups excluding carboxylic acids is 1. The Hall–Kier alpha value is -3.18. The Morgan fingerprint density at radius 2 is 1.67 bits per heavy atom. The van der Waals surface area contributed by atoms with E-state index in [-0.39, 0.29) is 27.6 Å². The molecule has 2 aromatic carbocycles. The van der Waals surface area contributed by atoms with Crippen molar-refractivity contribution < 1.29 is 35.4 Å². The Bertz CT molecular complexity index is 1440. The van der Waals surface area contributed by atoms with E-state index in [2.05, 4.69) is 33.2 Å². The summed E-state index contributed by atoms with van der Waals surface area (Å²) in [5.74, 6) is 1.05. The highest BCUT2D eigenvalue weighted by Crippen LogP contribution is 2.19. The summed E-state index contributed by atoms with van der Waals surface area (Å²) in [7, 11) is -4.42. The number of urea groups is 1. The first-order valence-corrected chi connectivity index (χ1v) is 18.4. The molecule has 248 valence electrons. The maximum absolute atomic E-state index is 12.2. The van der Waals surface area contributed by atoms with E-state index in [0.717, 1.165) is 36.4 Å². The Labute approximate surface area is 271 Å². The van der Waals surface area contributed by atoms with Crippen LogP contribution in [0, 0.1) is 0 Å². The van der Waals surface area contributed by atoms with E-state index in [1.54, 1.807) is 24.3 Å². The second-order valence-electron chi connectivity index (χ2n) is 10.00. The number of anilines is 2. The van der Waals surface area contributed by atoms with Gasteiger partial charge in [-0.25, -0.2) is 19.9 Å². The fourth-order valence-electron chi connectivity index (χ4n) is 4.06. The van der Waals surface area contributed by atoms with Crippen molar-refractivity contribution in [1.82, 2.24) is 15.6 Å². The number of unbranched alkanes of at least 4 members (excludes halogenated alkanes) is 9. The van der Waals surface area contributed by atoms with Gasteiger partial charge in [-0.1, -0.05) is 82.5 Å². The molecule has 0 bridgehead atoms. The highest BCUT2D eigenvalue weighted by Gasteiger charge is 2.14. The van der Waals surface area contributed by atoms with Crippen molar-refractivity contribution in [2.24, 2.45) is 0 Å². The van der Waals surface area contributed by atoms with E-state index in [9.17, 15) is 17.4 Å². The van der Waals surface area contributed by atoms with Gasteiger partial charge in [0.1, 0.15) is 5.75 Å². The van der Waals surface area contributed by atoms with Crippen LogP contribution in [0.1, 0.15) is 71.1 Å². The molecule has 13 nitrogen and oxygen atoms in total. The summed E-state index contributed by atoms with van der Waals surface area (Å²) in [4.78, 5) is 16.0. The van der Waals surface area contributed by atoms with Crippen LogP contribution < -0.4 is 20.9 Å². The van der Waals surface area contributed by atoms with Crippen molar-refractivity contribution in [3.63, 3.8) is 0 Å². The SMILES string of the molecule is CCCCCCCCCCCCOc1ccc(NC(=O)NNc2nc(SCCOS(=O)c3cccc(S(=O)(=O)O)c3)no2)cc1. The van der Waals surface area contributed by atoms with E-state index >= 15 is 0 Å². The summed E-state index contributed by atoms with van der Waals surface area (Å²) >= 11 is -0.794. The number of hydrogen-bond acceptors (Lipinski definition) is 11. The molecule has 1 aromatic heterocycles. The number of amides is 2. The monoisotopic (exact) mass is 683 g/mol. The number of hydrogen-bond donors (Lipinski definition) is 4. The third-order valence-corrected chi connectivity index (χ3v) is 9.03. The second-order valence-corrected chi connectivity index (χ2v) is 13.7. The van der Waals surface area contributed by atoms with Gasteiger partial charge in [0.15, 0.2) is 11.1 Å². The predicted octanol–water partition coefficient (Wildman–Crippen LogP) is 6.60. The number of aromatic nitrogens is 2. The van der Waals surface area contributed by atoms with Gasteiger partial charge in [0.2, 0.25) is 5.16 Å². The van der Waals surface area contributed by atoms with Crippen molar-refractivity contribution in [1.29, 1.82) is 0 Å². The van der Waals surface area contributed by atoms with Gasteiger partial charge in [-0.05, 0) is 54.0 Å². The van der Waals surface area contributed by atoms with Crippen molar-refractivity contribution in [2.75, 3.05) is 29.7 Å². The molecule has 0 fully saturated rings. The zero-order valence-corrected chi connectivity index (χ0v) is 27.7. The number of thioether (sulfide) groups is 1. The molecule has 1 heterocycles. The summed E-state index contributed by atoms with van der Waals surface area (Å²) in [6.45, 7) is 2.93. The lowest BCUT2D eigenvalue weighted by atomic mass is 10.1. The number of nitrogens with one attached hydrogen (secondary N) is 3. The molecular weight excluding hydrogens is 643 g/mol. The molecular formula is C29H41N5O8S3. The molecule has 0 spiro atoms. The van der Waals surface area contributed by atoms with E-state index in [0.29, 0.717) is 18.0 Å². The van der Waals surface area contributed by atoms with Gasteiger partial charge >= 0.3 is 12.0 Å². The minimum atomic E-state index is -4.42. The number of hydrazine groups is 1. The van der Waals surface area contributed by atoms with Crippen LogP contribution in [0.2, 0.25) is 0 Å². The Morgan fingerprint density at radius 3 is 2.36 bits per heavy atom. The molecule has 4 N–H and O–H groups in total. The van der Waals surface area contributed by atoms with Gasteiger partial charge in [-0.3, -0.25) is 8.74 Å². The molecule has 0 aliphatic carbocycles. The van der Waals surface area contributed by atoms with E-state index < -0.39 is 27.2 Å². The summed E-state index contributed by atoms with van der Waals surface area (Å²) in [5.41, 5.74) is 5.50. The highest BCUT2D eigenvalue weighted by molar-refractivity contribution is 7.99. The third-order valence-electron chi connectivity index (χ3n) is 6.37. The molecule has 2 amide bonds. The van der Waals surface area contributed by atoms with E-state index in [4.69, 9.17) is 18.0 Å². The third kappa shape index (κ3) is 14.6. The van der Waals surface area contributed by atoms with Crippen LogP contribution in [0.5, 0.6) is 5.75 Å². The quantitative estimate of drug-likeness (QED) is 0.0386. The van der Waals surface area contributed by atoms with Gasteiger partial charge in [0.05, 0.1) is 23.0 Å². The lowest BCUT2D eigenvalue weighted by Gasteiger charge is -2.09. The maximum atomic E-state index is 12.2. The second kappa shape index (κ2) is 20.0. The number of benzene rings is 2. The zero-order chi connectivity index (χ0) is 32.3. The predicted molar refractivity (Wildman–Crippen MR) is 173 cm³/mol. The van der Waals surface area contributed by atoms with Crippen LogP contribution in [0.25, 0.3) is 0 Å². The van der Waals surface area contributed by atoms with Gasteiger partial charge < -0.3 is 14.6 Å². The van der Waals surface area contributed by atoms with Crippen molar-refractivity contribution in [2.45, 2.75) is 86.1 Å². The Morgan fingerprint density at radius 1 is 0.978 bits per heavy atom. The van der Waals surface area contributed by atoms with Crippen LogP contribution in [0.3, 0.4) is 0 Å². The number of nitrogens with zero attached hydrogens (tertiary/aromatic N) is 2. The molecule has 16 heteroatoms. The maximum Gasteiger partial charge on any atom is 0.340 e. The molecule has 0 saturated heterocycles. The van der Waals surface area contributed by atoms with Crippen LogP contribution >= 0.6 is 11.8 Å². The summed E-state index contributed by atoms with van der Waals surface area (Å²) in [6, 6.07) is 11.5. The first-order valence-electron chi connectivity index (χ1n) is 14.9. The molecule has 0 saturated carbocycles. The highest BCUT2D eigenvalue weighted by atomic mass is 32.2. The van der Waals surface area contributed by atoms with E-state index in [1.165, 1.54) is 69.6 Å². The smallest absolute Gasteiger partial charge is 0.340 e. The van der Waals surface area contributed by atoms with Crippen LogP contribution in [-0.2, 0) is 25.4 Å². The molecule has 0 aliphatic heterocycles. The first-order chi connectivity index (χ1) is 21.7. The number of ether oxygens (including phenoxy) is 1. The normalized spacial score (nSPS) is 12.0. The van der Waals surface area contributed by atoms with Crippen LogP contribution in [0.15, 0.2) is 68.0 Å². The molecule has 0 radical (unpaired) electrons. The average Bonchev–Trinajstić information content (AvgIpc) is 3.49. The van der Waals surface area contributed by atoms with Gasteiger partial charge in [-0.2, -0.15) is 13.4 Å². The van der Waals surface area contributed by atoms with Crippen molar-refractivity contribution in [3.05, 3.63) is 48.5 Å². The molecule has 1 atom stereocenters. The topological polar surface area (TPSA) is 182 Å². The number of carbonyl (C=O) groups is 1. The lowest BCUT2D eigenvalue weighted by Crippen LogP contribution is -2.33. The number of rotatable bonds is 22. The summed E-state index contributed by atoms with van der Waals surface area (Å²) in [5, 5.41) is 6.69. The largest absolute Gasteiger partial charge is 0.494 e. The molecule has 0 aliphatic rings. The van der Waals surface area contributed by atoms with Gasteiger partial charge in [0.25, 0.3) is 10.1 Å². The minimum absolute atomic E-state index is 0.0223. The fourth-order valence-corrected chi connectivity index (χ4v) is 6.13. The van der Waals surface area contributed by atoms with Crippen LogP contribution in [0.4, 0.5) is 16.5 Å². The minimum Gasteiger partial charge on any atom is -0.494 e. The Balaban J connectivity index is 1.25. The van der Waals surface area contributed by atoms with Crippen LogP contribution in [-0.4, -0.2) is 52.3 Å². The lowest BCUT2D eigenvalue weighted by molar-refractivity contribution is 0.253. The fraction of sp³-hybridized carbons (Fsp3) is 0.483. The zero-order valence-electron chi connectivity index (χ0n) is 25.2. The molecule has 1 unspecified atom stereocenters. The first kappa shape index (κ1) is 36.3. The molecule has 3 rings (SSSR count). The molecule has 3 aromatic rings. The standard InChI is InChI=1S/C29H41N5O8S3/c1-2-3-4-5-6-7-8-9-10-11-19-40-24-17-15-23(16-18-24)30-27(35)32-33-28-31-29(34-42-28)43-21-20-41-44(36)25-13-12-14-26(22-25)45(37,38)39/h12-18,22H,2-11,19-21H2,1H3,(H2,30,32,35)(H,31,33,34)(H,37,38,39). The van der Waals surface area contributed by atoms with Gasteiger partial charge in [0, 0.05) is 11.4 Å². The average molecular weight is 684 g/mol.